The largest absolute Gasteiger partial charge is 0.370 e. The van der Waals surface area contributed by atoms with Crippen LogP contribution in [0, 0.1) is 0 Å². The van der Waals surface area contributed by atoms with E-state index in [9.17, 15) is 4.79 Å². The highest BCUT2D eigenvalue weighted by Gasteiger charge is 2.27. The molecule has 4 nitrogen and oxygen atoms in total. The highest BCUT2D eigenvalue weighted by atomic mass is 35.5. The van der Waals surface area contributed by atoms with Crippen molar-refractivity contribution >= 4 is 29.1 Å². The zero-order valence-electron chi connectivity index (χ0n) is 11.7. The van der Waals surface area contributed by atoms with Crippen LogP contribution in [0.1, 0.15) is 22.0 Å². The molecule has 2 heterocycles. The molecule has 3 rings (SSSR count). The molecule has 1 aromatic heterocycles. The fourth-order valence-electron chi connectivity index (χ4n) is 2.46. The van der Waals surface area contributed by atoms with E-state index in [4.69, 9.17) is 27.9 Å². The second-order valence-electron chi connectivity index (χ2n) is 5.01. The van der Waals surface area contributed by atoms with Crippen LogP contribution < -0.4 is 0 Å². The lowest BCUT2D eigenvalue weighted by Gasteiger charge is -2.33. The third-order valence-electron chi connectivity index (χ3n) is 3.59. The summed E-state index contributed by atoms with van der Waals surface area (Å²) in [5.41, 5.74) is 1.47. The van der Waals surface area contributed by atoms with Crippen LogP contribution in [-0.2, 0) is 4.74 Å². The van der Waals surface area contributed by atoms with Gasteiger partial charge in [0.25, 0.3) is 5.91 Å². The number of rotatable bonds is 2. The summed E-state index contributed by atoms with van der Waals surface area (Å²) in [7, 11) is 0. The summed E-state index contributed by atoms with van der Waals surface area (Å²) in [6, 6.07) is 8.72. The molecule has 22 heavy (non-hydrogen) atoms. The Hall–Kier alpha value is -1.62. The first-order valence-corrected chi connectivity index (χ1v) is 7.66. The number of ether oxygens (including phenoxy) is 1. The van der Waals surface area contributed by atoms with Gasteiger partial charge in [-0.2, -0.15) is 0 Å². The van der Waals surface area contributed by atoms with E-state index in [0.29, 0.717) is 35.3 Å². The number of amides is 1. The predicted molar refractivity (Wildman–Crippen MR) is 85.3 cm³/mol. The van der Waals surface area contributed by atoms with E-state index in [0.717, 1.165) is 5.56 Å². The van der Waals surface area contributed by atoms with Gasteiger partial charge in [0.05, 0.1) is 13.2 Å². The molecular weight excluding hydrogens is 323 g/mol. The zero-order valence-corrected chi connectivity index (χ0v) is 13.2. The predicted octanol–water partition coefficient (Wildman–Crippen LogP) is 3.60. The average molecular weight is 337 g/mol. The van der Waals surface area contributed by atoms with Crippen molar-refractivity contribution in [1.82, 2.24) is 9.88 Å². The number of morpholine rings is 1. The molecule has 1 saturated heterocycles. The molecule has 0 spiro atoms. The molecule has 114 valence electrons. The minimum atomic E-state index is -0.246. The average Bonchev–Trinajstić information content (AvgIpc) is 2.55. The molecule has 0 bridgehead atoms. The Morgan fingerprint density at radius 2 is 2.00 bits per heavy atom. The molecular formula is C16H14Cl2N2O2. The van der Waals surface area contributed by atoms with Crippen LogP contribution in [-0.4, -0.2) is 35.5 Å². The first kappa shape index (κ1) is 15.3. The minimum Gasteiger partial charge on any atom is -0.370 e. The van der Waals surface area contributed by atoms with Gasteiger partial charge in [-0.05, 0) is 24.3 Å². The summed E-state index contributed by atoms with van der Waals surface area (Å²) in [6.07, 6.45) is 2.98. The number of benzene rings is 1. The van der Waals surface area contributed by atoms with Gasteiger partial charge >= 0.3 is 0 Å². The summed E-state index contributed by atoms with van der Waals surface area (Å²) in [4.78, 5) is 18.2. The fourth-order valence-corrected chi connectivity index (χ4v) is 2.99. The number of pyridine rings is 1. The van der Waals surface area contributed by atoms with E-state index in [1.807, 2.05) is 6.07 Å². The van der Waals surface area contributed by atoms with Gasteiger partial charge in [0.15, 0.2) is 0 Å². The smallest absolute Gasteiger partial charge is 0.254 e. The molecule has 1 aliphatic heterocycles. The van der Waals surface area contributed by atoms with Crippen molar-refractivity contribution in [3.63, 3.8) is 0 Å². The standard InChI is InChI=1S/C16H14Cl2N2O2/c17-12-1-2-13(14(18)9-12)15-10-20(7-8-22-15)16(21)11-3-5-19-6-4-11/h1-6,9,15H,7-8,10H2. The number of aromatic nitrogens is 1. The Morgan fingerprint density at radius 3 is 2.73 bits per heavy atom. The van der Waals surface area contributed by atoms with Crippen LogP contribution in [0.4, 0.5) is 0 Å². The van der Waals surface area contributed by atoms with Crippen molar-refractivity contribution in [1.29, 1.82) is 0 Å². The maximum atomic E-state index is 12.5. The minimum absolute atomic E-state index is 0.0271. The summed E-state index contributed by atoms with van der Waals surface area (Å²) in [6.45, 7) is 1.49. The Balaban J connectivity index is 1.78. The van der Waals surface area contributed by atoms with Gasteiger partial charge in [-0.25, -0.2) is 0 Å². The van der Waals surface area contributed by atoms with Crippen molar-refractivity contribution in [3.8, 4) is 0 Å². The topological polar surface area (TPSA) is 42.4 Å². The molecule has 0 aliphatic carbocycles. The van der Waals surface area contributed by atoms with Crippen LogP contribution >= 0.6 is 23.2 Å². The van der Waals surface area contributed by atoms with E-state index >= 15 is 0 Å². The summed E-state index contributed by atoms with van der Waals surface area (Å²) in [5, 5.41) is 1.13. The van der Waals surface area contributed by atoms with Gasteiger partial charge in [0.2, 0.25) is 0 Å². The highest BCUT2D eigenvalue weighted by molar-refractivity contribution is 6.35. The fraction of sp³-hybridized carbons (Fsp3) is 0.250. The molecule has 6 heteroatoms. The van der Waals surface area contributed by atoms with Crippen LogP contribution in [0.3, 0.4) is 0 Å². The van der Waals surface area contributed by atoms with Crippen molar-refractivity contribution in [2.45, 2.75) is 6.10 Å². The number of halogens is 2. The summed E-state index contributed by atoms with van der Waals surface area (Å²) in [5.74, 6) is -0.0271. The van der Waals surface area contributed by atoms with Gasteiger partial charge in [0, 0.05) is 40.1 Å². The van der Waals surface area contributed by atoms with Crippen molar-refractivity contribution in [2.75, 3.05) is 19.7 Å². The molecule has 1 amide bonds. The molecule has 0 saturated carbocycles. The molecule has 1 aromatic carbocycles. The van der Waals surface area contributed by atoms with Crippen LogP contribution in [0.25, 0.3) is 0 Å². The normalized spacial score (nSPS) is 18.3. The van der Waals surface area contributed by atoms with E-state index < -0.39 is 0 Å². The van der Waals surface area contributed by atoms with Gasteiger partial charge in [-0.1, -0.05) is 29.3 Å². The number of nitrogens with zero attached hydrogens (tertiary/aromatic N) is 2. The van der Waals surface area contributed by atoms with E-state index in [1.54, 1.807) is 41.6 Å². The first-order valence-electron chi connectivity index (χ1n) is 6.91. The Kier molecular flexibility index (Phi) is 4.62. The molecule has 1 atom stereocenters. The summed E-state index contributed by atoms with van der Waals surface area (Å²) < 4.78 is 5.77. The maximum absolute atomic E-state index is 12.5. The van der Waals surface area contributed by atoms with Crippen molar-refractivity contribution in [3.05, 3.63) is 63.9 Å². The Morgan fingerprint density at radius 1 is 1.23 bits per heavy atom. The Labute approximate surface area is 138 Å². The third-order valence-corrected chi connectivity index (χ3v) is 4.15. The van der Waals surface area contributed by atoms with Gasteiger partial charge in [-0.15, -0.1) is 0 Å². The Bertz CT molecular complexity index is 679. The highest BCUT2D eigenvalue weighted by Crippen LogP contribution is 2.31. The molecule has 2 aromatic rings. The first-order chi connectivity index (χ1) is 10.6. The SMILES string of the molecule is O=C(c1ccncc1)N1CCOC(c2ccc(Cl)cc2Cl)C1. The quantitative estimate of drug-likeness (QED) is 0.841. The van der Waals surface area contributed by atoms with Gasteiger partial charge in [0.1, 0.15) is 6.10 Å². The molecule has 1 unspecified atom stereocenters. The second-order valence-corrected chi connectivity index (χ2v) is 5.86. The van der Waals surface area contributed by atoms with Crippen LogP contribution in [0.15, 0.2) is 42.7 Å². The number of carbonyl (C=O) groups is 1. The summed E-state index contributed by atoms with van der Waals surface area (Å²) >= 11 is 12.2. The maximum Gasteiger partial charge on any atom is 0.254 e. The van der Waals surface area contributed by atoms with Crippen molar-refractivity contribution < 1.29 is 9.53 Å². The van der Waals surface area contributed by atoms with E-state index in [1.165, 1.54) is 0 Å². The van der Waals surface area contributed by atoms with Crippen LogP contribution in [0.5, 0.6) is 0 Å². The monoisotopic (exact) mass is 336 g/mol. The van der Waals surface area contributed by atoms with Crippen molar-refractivity contribution in [2.24, 2.45) is 0 Å². The lowest BCUT2D eigenvalue weighted by atomic mass is 10.1. The molecule has 0 radical (unpaired) electrons. The lowest BCUT2D eigenvalue weighted by Crippen LogP contribution is -2.42. The van der Waals surface area contributed by atoms with E-state index in [2.05, 4.69) is 4.98 Å². The van der Waals surface area contributed by atoms with Gasteiger partial charge in [-0.3, -0.25) is 9.78 Å². The molecule has 1 aliphatic rings. The number of hydrogen-bond donors (Lipinski definition) is 0. The zero-order chi connectivity index (χ0) is 15.5. The number of hydrogen-bond acceptors (Lipinski definition) is 3. The third kappa shape index (κ3) is 3.24. The second kappa shape index (κ2) is 6.65. The molecule has 1 fully saturated rings. The molecule has 0 N–H and O–H groups in total. The van der Waals surface area contributed by atoms with E-state index in [-0.39, 0.29) is 12.0 Å². The number of carbonyl (C=O) groups excluding carboxylic acids is 1. The lowest BCUT2D eigenvalue weighted by molar-refractivity contribution is -0.0227. The van der Waals surface area contributed by atoms with Gasteiger partial charge < -0.3 is 9.64 Å². The van der Waals surface area contributed by atoms with Crippen LogP contribution in [0.2, 0.25) is 10.0 Å².